The summed E-state index contributed by atoms with van der Waals surface area (Å²) in [5, 5.41) is 13.2. The van der Waals surface area contributed by atoms with E-state index in [0.29, 0.717) is 12.1 Å². The first-order valence-electron chi connectivity index (χ1n) is 6.40. The largest absolute Gasteiger partial charge is 0.396 e. The van der Waals surface area contributed by atoms with Gasteiger partial charge in [0.05, 0.1) is 11.9 Å². The molecular weight excluding hydrogens is 276 g/mol. The summed E-state index contributed by atoms with van der Waals surface area (Å²) < 4.78 is 1.68. The number of nitrogens with two attached hydrogens (primary N) is 1. The van der Waals surface area contributed by atoms with Gasteiger partial charge in [0.2, 0.25) is 5.95 Å². The van der Waals surface area contributed by atoms with Crippen LogP contribution in [0, 0.1) is 5.92 Å². The van der Waals surface area contributed by atoms with Crippen LogP contribution in [-0.2, 0) is 0 Å². The fraction of sp³-hybridized carbons (Fsp3) is 0.545. The van der Waals surface area contributed by atoms with Crippen LogP contribution in [0.25, 0.3) is 21.6 Å². The Morgan fingerprint density at radius 3 is 3.19 bits per heavy atom. The van der Waals surface area contributed by atoms with Gasteiger partial charge in [0, 0.05) is 17.6 Å². The van der Waals surface area contributed by atoms with Crippen molar-refractivity contribution < 1.29 is 5.11 Å². The number of nitrogen functional groups attached to an aromatic ring is 1. The first-order valence-corrected chi connectivity index (χ1v) is 6.40. The number of rotatable bonds is 3. The summed E-state index contributed by atoms with van der Waals surface area (Å²) in [6, 6.07) is -0.232. The molecule has 2 heterocycles. The Kier molecular flexibility index (Phi) is 2.85. The van der Waals surface area contributed by atoms with E-state index in [4.69, 9.17) is 11.3 Å². The molecule has 4 N–H and O–H groups in total. The maximum atomic E-state index is 11.8. The molecule has 110 valence electrons. The zero-order valence-electron chi connectivity index (χ0n) is 11.3. The smallest absolute Gasteiger partial charge is 0.280 e. The molecule has 1 fully saturated rings. The molecule has 21 heavy (non-hydrogen) atoms. The van der Waals surface area contributed by atoms with Gasteiger partial charge in [-0.2, -0.15) is 4.98 Å². The topological polar surface area (TPSA) is 159 Å². The van der Waals surface area contributed by atoms with E-state index >= 15 is 0 Å². The number of aliphatic hydroxyl groups excluding tert-OH is 1. The van der Waals surface area contributed by atoms with Crippen LogP contribution < -0.4 is 11.3 Å². The van der Waals surface area contributed by atoms with Gasteiger partial charge in [-0.25, -0.2) is 4.98 Å². The highest BCUT2D eigenvalue weighted by Crippen LogP contribution is 2.50. The van der Waals surface area contributed by atoms with E-state index in [0.717, 1.165) is 0 Å². The molecule has 3 atom stereocenters. The molecule has 10 nitrogen and oxygen atoms in total. The second-order valence-electron chi connectivity index (χ2n) is 5.32. The number of nitrogens with zero attached hydrogens (tertiary/aromatic N) is 6. The number of H-pyrrole nitrogens is 1. The summed E-state index contributed by atoms with van der Waals surface area (Å²) in [5.41, 5.74) is 13.6. The molecule has 0 unspecified atom stereocenters. The maximum Gasteiger partial charge on any atom is 0.280 e. The van der Waals surface area contributed by atoms with Crippen LogP contribution in [0.2, 0.25) is 0 Å². The number of fused-ring (bicyclic) bond motifs is 1. The van der Waals surface area contributed by atoms with E-state index in [1.54, 1.807) is 11.5 Å². The van der Waals surface area contributed by atoms with Gasteiger partial charge in [0.1, 0.15) is 0 Å². The minimum Gasteiger partial charge on any atom is -0.396 e. The summed E-state index contributed by atoms with van der Waals surface area (Å²) in [6.07, 6.45) is 2.08. The molecule has 0 aliphatic heterocycles. The van der Waals surface area contributed by atoms with Gasteiger partial charge in [0.15, 0.2) is 11.2 Å². The molecule has 3 rings (SSSR count). The van der Waals surface area contributed by atoms with Crippen LogP contribution in [0.3, 0.4) is 0 Å². The third kappa shape index (κ3) is 1.77. The Balaban J connectivity index is 2.14. The van der Waals surface area contributed by atoms with Crippen molar-refractivity contribution in [2.75, 3.05) is 12.3 Å². The molecule has 0 bridgehead atoms. The highest BCUT2D eigenvalue weighted by molar-refractivity contribution is 5.70. The normalized spacial score (nSPS) is 28.1. The molecule has 0 aromatic carbocycles. The van der Waals surface area contributed by atoms with E-state index in [1.807, 2.05) is 0 Å². The van der Waals surface area contributed by atoms with Crippen molar-refractivity contribution in [2.24, 2.45) is 11.0 Å². The van der Waals surface area contributed by atoms with Crippen molar-refractivity contribution in [1.29, 1.82) is 0 Å². The number of aromatic amines is 1. The minimum absolute atomic E-state index is 0.00207. The average Bonchev–Trinajstić information content (AvgIpc) is 2.82. The monoisotopic (exact) mass is 290 g/mol. The number of aromatic nitrogens is 4. The Morgan fingerprint density at radius 2 is 2.52 bits per heavy atom. The molecule has 1 aliphatic rings. The molecule has 10 heteroatoms. The average molecular weight is 290 g/mol. The maximum absolute atomic E-state index is 11.8. The lowest BCUT2D eigenvalue weighted by atomic mass is 9.64. The number of hydrogen-bond acceptors (Lipinski definition) is 6. The Bertz CT molecular complexity index is 804. The number of anilines is 1. The van der Waals surface area contributed by atoms with Crippen molar-refractivity contribution in [3.63, 3.8) is 0 Å². The predicted molar refractivity (Wildman–Crippen MR) is 74.3 cm³/mol. The highest BCUT2D eigenvalue weighted by Gasteiger charge is 2.52. The Hall–Kier alpha value is -2.58. The molecular formula is C11H14N8O2. The summed E-state index contributed by atoms with van der Waals surface area (Å²) in [6.45, 7) is 1.69. The summed E-state index contributed by atoms with van der Waals surface area (Å²) >= 11 is 0. The zero-order chi connectivity index (χ0) is 15.2. The van der Waals surface area contributed by atoms with E-state index in [9.17, 15) is 9.90 Å². The van der Waals surface area contributed by atoms with E-state index < -0.39 is 11.1 Å². The zero-order valence-corrected chi connectivity index (χ0v) is 11.3. The first-order chi connectivity index (χ1) is 10.0. The van der Waals surface area contributed by atoms with Gasteiger partial charge in [-0.15, -0.1) is 0 Å². The van der Waals surface area contributed by atoms with Gasteiger partial charge >= 0.3 is 0 Å². The van der Waals surface area contributed by atoms with E-state index in [1.165, 1.54) is 6.33 Å². The number of azide groups is 1. The van der Waals surface area contributed by atoms with E-state index in [2.05, 4.69) is 25.0 Å². The molecule has 0 spiro atoms. The van der Waals surface area contributed by atoms with Crippen LogP contribution in [0.15, 0.2) is 16.2 Å². The van der Waals surface area contributed by atoms with Gasteiger partial charge in [-0.05, 0) is 17.9 Å². The SMILES string of the molecule is C[C@]1(N=[N+]=[N-])[C@@H](CO)C[C@H]1n1cnc2c(=O)[nH]c(N)nc21. The molecule has 2 aromatic heterocycles. The number of aliphatic hydroxyl groups is 1. The van der Waals surface area contributed by atoms with Gasteiger partial charge in [-0.3, -0.25) is 9.78 Å². The minimum atomic E-state index is -0.795. The van der Waals surface area contributed by atoms with Crippen LogP contribution in [0.4, 0.5) is 5.95 Å². The van der Waals surface area contributed by atoms with Crippen molar-refractivity contribution in [3.8, 4) is 0 Å². The van der Waals surface area contributed by atoms with Crippen LogP contribution >= 0.6 is 0 Å². The Morgan fingerprint density at radius 1 is 1.76 bits per heavy atom. The molecule has 0 radical (unpaired) electrons. The predicted octanol–water partition coefficient (Wildman–Crippen LogP) is 0.324. The lowest BCUT2D eigenvalue weighted by Gasteiger charge is -2.50. The second-order valence-corrected chi connectivity index (χ2v) is 5.32. The standard InChI is InChI=1S/C11H14N8O2/c1-11(17-18-13)5(3-20)2-6(11)19-4-14-7-8(19)15-10(12)16-9(7)21/h4-6,20H,2-3H2,1H3,(H3,12,15,16,21)/t5-,6-,11+/m1/s1. The highest BCUT2D eigenvalue weighted by atomic mass is 16.3. The summed E-state index contributed by atoms with van der Waals surface area (Å²) in [7, 11) is 0. The lowest BCUT2D eigenvalue weighted by Crippen LogP contribution is -2.53. The fourth-order valence-electron chi connectivity index (χ4n) is 2.93. The van der Waals surface area contributed by atoms with Crippen LogP contribution in [0.5, 0.6) is 0 Å². The van der Waals surface area contributed by atoms with Crippen LogP contribution in [-0.4, -0.2) is 36.8 Å². The lowest BCUT2D eigenvalue weighted by molar-refractivity contribution is 0.0163. The number of imidazole rings is 1. The van der Waals surface area contributed by atoms with E-state index in [-0.39, 0.29) is 30.0 Å². The molecule has 0 amide bonds. The molecule has 1 saturated carbocycles. The third-order valence-corrected chi connectivity index (χ3v) is 4.28. The van der Waals surface area contributed by atoms with Crippen molar-refractivity contribution in [1.82, 2.24) is 19.5 Å². The summed E-state index contributed by atoms with van der Waals surface area (Å²) in [4.78, 5) is 25.2. The third-order valence-electron chi connectivity index (χ3n) is 4.28. The molecule has 2 aromatic rings. The van der Waals surface area contributed by atoms with Crippen molar-refractivity contribution in [3.05, 3.63) is 27.1 Å². The van der Waals surface area contributed by atoms with Gasteiger partial charge in [0.25, 0.3) is 5.56 Å². The second kappa shape index (κ2) is 4.47. The number of nitrogens with one attached hydrogen (secondary N) is 1. The fourth-order valence-corrected chi connectivity index (χ4v) is 2.93. The first kappa shape index (κ1) is 13.4. The molecule has 1 aliphatic carbocycles. The Labute approximate surface area is 118 Å². The quantitative estimate of drug-likeness (QED) is 0.421. The number of hydrogen-bond donors (Lipinski definition) is 3. The van der Waals surface area contributed by atoms with Gasteiger partial charge < -0.3 is 15.4 Å². The van der Waals surface area contributed by atoms with Crippen molar-refractivity contribution in [2.45, 2.75) is 24.9 Å². The van der Waals surface area contributed by atoms with Crippen LogP contribution in [0.1, 0.15) is 19.4 Å². The van der Waals surface area contributed by atoms with Gasteiger partial charge in [-0.1, -0.05) is 12.0 Å². The van der Waals surface area contributed by atoms with Crippen molar-refractivity contribution >= 4 is 17.1 Å². The summed E-state index contributed by atoms with van der Waals surface area (Å²) in [5.74, 6) is -0.145. The molecule has 0 saturated heterocycles.